The molecule has 2 heterocycles. The van der Waals surface area contributed by atoms with Crippen molar-refractivity contribution in [3.63, 3.8) is 0 Å². The SMILES string of the molecule is Cc1csc(Sc2ccc(NC(=O)C3COCCN3)cc2)n1.Cl. The van der Waals surface area contributed by atoms with Gasteiger partial charge in [-0.2, -0.15) is 0 Å². The highest BCUT2D eigenvalue weighted by Gasteiger charge is 2.20. The highest BCUT2D eigenvalue weighted by atomic mass is 35.5. The number of carbonyl (C=O) groups excluding carboxylic acids is 1. The van der Waals surface area contributed by atoms with Gasteiger partial charge in [0.25, 0.3) is 0 Å². The zero-order valence-corrected chi connectivity index (χ0v) is 15.0. The highest BCUT2D eigenvalue weighted by Crippen LogP contribution is 2.30. The van der Waals surface area contributed by atoms with Crippen LogP contribution in [0, 0.1) is 6.92 Å². The molecule has 0 spiro atoms. The number of hydrogen-bond donors (Lipinski definition) is 2. The van der Waals surface area contributed by atoms with Crippen LogP contribution < -0.4 is 10.6 Å². The molecule has 0 radical (unpaired) electrons. The van der Waals surface area contributed by atoms with Crippen LogP contribution in [0.3, 0.4) is 0 Å². The number of carbonyl (C=O) groups is 1. The second-order valence-corrected chi connectivity index (χ2v) is 7.13. The van der Waals surface area contributed by atoms with Gasteiger partial charge in [0.15, 0.2) is 4.34 Å². The van der Waals surface area contributed by atoms with Crippen molar-refractivity contribution in [1.29, 1.82) is 0 Å². The van der Waals surface area contributed by atoms with Crippen LogP contribution in [0.1, 0.15) is 5.69 Å². The second kappa shape index (κ2) is 8.65. The molecular formula is C15H18ClN3O2S2. The van der Waals surface area contributed by atoms with Crippen molar-refractivity contribution in [1.82, 2.24) is 10.3 Å². The number of nitrogens with one attached hydrogen (secondary N) is 2. The first-order chi connectivity index (χ1) is 10.7. The van der Waals surface area contributed by atoms with Gasteiger partial charge in [0.2, 0.25) is 5.91 Å². The van der Waals surface area contributed by atoms with Crippen LogP contribution in [0.5, 0.6) is 0 Å². The fourth-order valence-electron chi connectivity index (χ4n) is 2.05. The normalized spacial score (nSPS) is 17.3. The fraction of sp³-hybridized carbons (Fsp3) is 0.333. The van der Waals surface area contributed by atoms with Gasteiger partial charge in [0.1, 0.15) is 6.04 Å². The number of anilines is 1. The van der Waals surface area contributed by atoms with Gasteiger partial charge >= 0.3 is 0 Å². The van der Waals surface area contributed by atoms with Crippen LogP contribution in [0.4, 0.5) is 5.69 Å². The summed E-state index contributed by atoms with van der Waals surface area (Å²) in [5.74, 6) is -0.0596. The molecule has 0 saturated carbocycles. The quantitative estimate of drug-likeness (QED) is 0.865. The van der Waals surface area contributed by atoms with E-state index in [0.29, 0.717) is 19.8 Å². The Morgan fingerprint density at radius 3 is 2.83 bits per heavy atom. The van der Waals surface area contributed by atoms with E-state index < -0.39 is 0 Å². The molecule has 3 rings (SSSR count). The molecule has 1 aromatic carbocycles. The molecule has 1 unspecified atom stereocenters. The third-order valence-electron chi connectivity index (χ3n) is 3.16. The molecule has 1 fully saturated rings. The van der Waals surface area contributed by atoms with E-state index in [1.54, 1.807) is 23.1 Å². The Kier molecular flexibility index (Phi) is 6.86. The molecule has 8 heteroatoms. The number of aromatic nitrogens is 1. The van der Waals surface area contributed by atoms with Gasteiger partial charge < -0.3 is 15.4 Å². The van der Waals surface area contributed by atoms with Gasteiger partial charge in [-0.15, -0.1) is 23.7 Å². The number of aryl methyl sites for hydroxylation is 1. The van der Waals surface area contributed by atoms with E-state index in [9.17, 15) is 4.79 Å². The van der Waals surface area contributed by atoms with Crippen LogP contribution in [0.25, 0.3) is 0 Å². The average molecular weight is 372 g/mol. The number of benzene rings is 1. The Morgan fingerprint density at radius 1 is 1.43 bits per heavy atom. The van der Waals surface area contributed by atoms with Crippen molar-refractivity contribution in [2.45, 2.75) is 22.2 Å². The van der Waals surface area contributed by atoms with Crippen LogP contribution in [0.2, 0.25) is 0 Å². The largest absolute Gasteiger partial charge is 0.378 e. The number of rotatable bonds is 4. The van der Waals surface area contributed by atoms with E-state index in [2.05, 4.69) is 15.6 Å². The zero-order valence-electron chi connectivity index (χ0n) is 12.6. The van der Waals surface area contributed by atoms with Gasteiger partial charge in [-0.1, -0.05) is 11.8 Å². The lowest BCUT2D eigenvalue weighted by molar-refractivity contribution is -0.120. The molecule has 1 aliphatic rings. The summed E-state index contributed by atoms with van der Waals surface area (Å²) < 4.78 is 6.32. The predicted molar refractivity (Wildman–Crippen MR) is 95.9 cm³/mol. The topological polar surface area (TPSA) is 63.2 Å². The van der Waals surface area contributed by atoms with Gasteiger partial charge in [0, 0.05) is 28.2 Å². The molecule has 2 N–H and O–H groups in total. The first kappa shape index (κ1) is 18.2. The molecule has 124 valence electrons. The van der Waals surface area contributed by atoms with E-state index in [-0.39, 0.29) is 24.4 Å². The van der Waals surface area contributed by atoms with Gasteiger partial charge in [-0.25, -0.2) is 4.98 Å². The van der Waals surface area contributed by atoms with Gasteiger partial charge in [0.05, 0.1) is 13.2 Å². The van der Waals surface area contributed by atoms with Gasteiger partial charge in [-0.3, -0.25) is 4.79 Å². The second-order valence-electron chi connectivity index (χ2n) is 4.95. The van der Waals surface area contributed by atoms with E-state index in [0.717, 1.165) is 20.6 Å². The standard InChI is InChI=1S/C15H17N3O2S2.ClH/c1-10-9-21-15(17-10)22-12-4-2-11(3-5-12)18-14(19)13-8-20-7-6-16-13;/h2-5,9,13,16H,6-8H2,1H3,(H,18,19);1H. The first-order valence-electron chi connectivity index (χ1n) is 7.03. The minimum Gasteiger partial charge on any atom is -0.378 e. The number of ether oxygens (including phenoxy) is 1. The summed E-state index contributed by atoms with van der Waals surface area (Å²) in [5, 5.41) is 8.08. The summed E-state index contributed by atoms with van der Waals surface area (Å²) in [7, 11) is 0. The Morgan fingerprint density at radius 2 is 2.22 bits per heavy atom. The van der Waals surface area contributed by atoms with Gasteiger partial charge in [-0.05, 0) is 31.2 Å². The van der Waals surface area contributed by atoms with Crippen molar-refractivity contribution in [2.75, 3.05) is 25.1 Å². The summed E-state index contributed by atoms with van der Waals surface area (Å²) in [6.45, 7) is 3.78. The summed E-state index contributed by atoms with van der Waals surface area (Å²) >= 11 is 3.26. The lowest BCUT2D eigenvalue weighted by atomic mass is 10.2. The molecular weight excluding hydrogens is 354 g/mol. The summed E-state index contributed by atoms with van der Waals surface area (Å²) in [6, 6.07) is 7.51. The Hall–Kier alpha value is -1.12. The molecule has 0 aliphatic carbocycles. The predicted octanol–water partition coefficient (Wildman–Crippen LogP) is 2.95. The number of nitrogens with zero attached hydrogens (tertiary/aromatic N) is 1. The zero-order chi connectivity index (χ0) is 15.4. The van der Waals surface area contributed by atoms with Crippen LogP contribution in [-0.2, 0) is 9.53 Å². The van der Waals surface area contributed by atoms with E-state index in [4.69, 9.17) is 4.74 Å². The van der Waals surface area contributed by atoms with Crippen LogP contribution in [0.15, 0.2) is 38.9 Å². The molecule has 1 aromatic heterocycles. The van der Waals surface area contributed by atoms with Crippen molar-refractivity contribution >= 4 is 47.1 Å². The Balaban J connectivity index is 0.00000192. The minimum atomic E-state index is -0.277. The molecule has 23 heavy (non-hydrogen) atoms. The molecule has 1 aliphatic heterocycles. The Bertz CT molecular complexity index is 642. The first-order valence-corrected chi connectivity index (χ1v) is 8.72. The Labute approximate surface area is 149 Å². The third-order valence-corrected chi connectivity index (χ3v) is 5.23. The molecule has 1 atom stereocenters. The number of morpholine rings is 1. The molecule has 5 nitrogen and oxygen atoms in total. The van der Waals surface area contributed by atoms with E-state index in [1.165, 1.54) is 0 Å². The molecule has 2 aromatic rings. The molecule has 1 amide bonds. The van der Waals surface area contributed by atoms with Crippen molar-refractivity contribution in [3.05, 3.63) is 35.3 Å². The number of amides is 1. The highest BCUT2D eigenvalue weighted by molar-refractivity contribution is 8.01. The summed E-state index contributed by atoms with van der Waals surface area (Å²) in [5.41, 5.74) is 1.83. The van der Waals surface area contributed by atoms with Crippen LogP contribution in [-0.4, -0.2) is 36.7 Å². The number of thiazole rings is 1. The van der Waals surface area contributed by atoms with Crippen molar-refractivity contribution in [3.8, 4) is 0 Å². The monoisotopic (exact) mass is 371 g/mol. The number of hydrogen-bond acceptors (Lipinski definition) is 6. The minimum absolute atomic E-state index is 0. The molecule has 0 bridgehead atoms. The average Bonchev–Trinajstić information content (AvgIpc) is 2.95. The van der Waals surface area contributed by atoms with Crippen LogP contribution >= 0.6 is 35.5 Å². The summed E-state index contributed by atoms with van der Waals surface area (Å²) in [4.78, 5) is 17.6. The fourth-order valence-corrected chi connectivity index (χ4v) is 3.86. The maximum absolute atomic E-state index is 12.1. The van der Waals surface area contributed by atoms with Crippen molar-refractivity contribution < 1.29 is 9.53 Å². The lowest BCUT2D eigenvalue weighted by Crippen LogP contribution is -2.48. The van der Waals surface area contributed by atoms with E-state index >= 15 is 0 Å². The lowest BCUT2D eigenvalue weighted by Gasteiger charge is -2.22. The summed E-state index contributed by atoms with van der Waals surface area (Å²) in [6.07, 6.45) is 0. The molecule has 1 saturated heterocycles. The number of halogens is 1. The maximum atomic E-state index is 12.1. The maximum Gasteiger partial charge on any atom is 0.243 e. The smallest absolute Gasteiger partial charge is 0.243 e. The van der Waals surface area contributed by atoms with Crippen molar-refractivity contribution in [2.24, 2.45) is 0 Å². The van der Waals surface area contributed by atoms with E-state index in [1.807, 2.05) is 36.6 Å². The third kappa shape index (κ3) is 5.19.